The number of aromatic nitrogens is 1. The Hall–Kier alpha value is -2.66. The van der Waals surface area contributed by atoms with E-state index in [0.717, 1.165) is 30.5 Å². The van der Waals surface area contributed by atoms with Gasteiger partial charge in [0.1, 0.15) is 0 Å². The van der Waals surface area contributed by atoms with Crippen molar-refractivity contribution in [2.24, 2.45) is 0 Å². The van der Waals surface area contributed by atoms with Crippen LogP contribution in [0.5, 0.6) is 0 Å². The number of sulfonamides is 1. The molecular formula is C22H22N2O2S. The first kappa shape index (κ1) is 17.7. The molecule has 2 aromatic carbocycles. The molecular weight excluding hydrogens is 356 g/mol. The van der Waals surface area contributed by atoms with Gasteiger partial charge in [0, 0.05) is 23.5 Å². The van der Waals surface area contributed by atoms with E-state index in [1.807, 2.05) is 24.4 Å². The van der Waals surface area contributed by atoms with Crippen molar-refractivity contribution < 1.29 is 8.42 Å². The van der Waals surface area contributed by atoms with Crippen LogP contribution in [0.2, 0.25) is 0 Å². The minimum Gasteiger partial charge on any atom is -0.284 e. The molecule has 1 heterocycles. The van der Waals surface area contributed by atoms with Gasteiger partial charge < -0.3 is 0 Å². The highest BCUT2D eigenvalue weighted by atomic mass is 32.2. The number of benzene rings is 2. The van der Waals surface area contributed by atoms with Gasteiger partial charge in [-0.2, -0.15) is 0 Å². The number of nitrogens with one attached hydrogen (secondary N) is 1. The Kier molecular flexibility index (Phi) is 4.70. The third-order valence-corrected chi connectivity index (χ3v) is 5.64. The number of hydrogen-bond donors (Lipinski definition) is 1. The van der Waals surface area contributed by atoms with Crippen LogP contribution in [0.25, 0.3) is 0 Å². The fourth-order valence-corrected chi connectivity index (χ4v) is 4.49. The van der Waals surface area contributed by atoms with E-state index in [2.05, 4.69) is 46.1 Å². The van der Waals surface area contributed by atoms with Crippen LogP contribution in [-0.2, 0) is 29.3 Å². The minimum absolute atomic E-state index is 0.209. The number of anilines is 1. The molecule has 4 nitrogen and oxygen atoms in total. The van der Waals surface area contributed by atoms with Gasteiger partial charge in [-0.15, -0.1) is 0 Å². The second kappa shape index (κ2) is 7.16. The summed E-state index contributed by atoms with van der Waals surface area (Å²) in [4.78, 5) is 4.63. The molecule has 0 saturated heterocycles. The molecule has 3 aromatic rings. The molecule has 0 amide bonds. The number of aryl methyl sites for hydroxylation is 2. The minimum atomic E-state index is -3.29. The van der Waals surface area contributed by atoms with Gasteiger partial charge in [0.05, 0.1) is 6.26 Å². The number of pyridine rings is 1. The molecule has 0 spiro atoms. The topological polar surface area (TPSA) is 59.1 Å². The van der Waals surface area contributed by atoms with E-state index in [1.54, 1.807) is 6.07 Å². The molecule has 1 atom stereocenters. The lowest BCUT2D eigenvalue weighted by Gasteiger charge is -2.20. The average molecular weight is 378 g/mol. The van der Waals surface area contributed by atoms with Crippen molar-refractivity contribution in [1.82, 2.24) is 4.98 Å². The Bertz CT molecular complexity index is 1030. The van der Waals surface area contributed by atoms with E-state index in [1.165, 1.54) is 22.9 Å². The van der Waals surface area contributed by atoms with Crippen LogP contribution in [0.1, 0.15) is 33.9 Å². The van der Waals surface area contributed by atoms with Gasteiger partial charge >= 0.3 is 0 Å². The smallest absolute Gasteiger partial charge is 0.229 e. The molecule has 0 radical (unpaired) electrons. The van der Waals surface area contributed by atoms with E-state index in [4.69, 9.17) is 0 Å². The monoisotopic (exact) mass is 378 g/mol. The molecule has 4 rings (SSSR count). The van der Waals surface area contributed by atoms with Crippen LogP contribution in [0.15, 0.2) is 66.9 Å². The van der Waals surface area contributed by atoms with Crippen LogP contribution in [0, 0.1) is 0 Å². The molecule has 1 unspecified atom stereocenters. The van der Waals surface area contributed by atoms with Gasteiger partial charge in [-0.05, 0) is 59.7 Å². The SMILES string of the molecule is CS(=O)(=O)Nc1cccc(CC2c3ccccc3CCc3ncccc32)c1. The summed E-state index contributed by atoms with van der Waals surface area (Å²) in [5.41, 5.74) is 6.83. The maximum atomic E-state index is 11.6. The van der Waals surface area contributed by atoms with Crippen LogP contribution >= 0.6 is 0 Å². The summed E-state index contributed by atoms with van der Waals surface area (Å²) in [5.74, 6) is 0.209. The molecule has 138 valence electrons. The van der Waals surface area contributed by atoms with E-state index < -0.39 is 10.0 Å². The third kappa shape index (κ3) is 4.03. The first-order valence-corrected chi connectivity index (χ1v) is 11.0. The summed E-state index contributed by atoms with van der Waals surface area (Å²) in [6.45, 7) is 0. The molecule has 1 aliphatic carbocycles. The van der Waals surface area contributed by atoms with E-state index in [0.29, 0.717) is 5.69 Å². The molecule has 0 bridgehead atoms. The zero-order chi connectivity index (χ0) is 18.9. The van der Waals surface area contributed by atoms with E-state index in [9.17, 15) is 8.42 Å². The van der Waals surface area contributed by atoms with Crippen molar-refractivity contribution >= 4 is 15.7 Å². The number of nitrogens with zero attached hydrogens (tertiary/aromatic N) is 1. The molecule has 27 heavy (non-hydrogen) atoms. The number of rotatable bonds is 4. The van der Waals surface area contributed by atoms with E-state index in [-0.39, 0.29) is 5.92 Å². The second-order valence-corrected chi connectivity index (χ2v) is 8.82. The first-order valence-electron chi connectivity index (χ1n) is 9.08. The molecule has 1 N–H and O–H groups in total. The first-order chi connectivity index (χ1) is 13.0. The number of fused-ring (bicyclic) bond motifs is 2. The molecule has 1 aromatic heterocycles. The Balaban J connectivity index is 1.74. The summed E-state index contributed by atoms with van der Waals surface area (Å²) >= 11 is 0. The summed E-state index contributed by atoms with van der Waals surface area (Å²) in [7, 11) is -3.29. The predicted octanol–water partition coefficient (Wildman–Crippen LogP) is 3.93. The maximum Gasteiger partial charge on any atom is 0.229 e. The highest BCUT2D eigenvalue weighted by Gasteiger charge is 2.24. The van der Waals surface area contributed by atoms with Crippen LogP contribution in [0.3, 0.4) is 0 Å². The fourth-order valence-electron chi connectivity index (χ4n) is 3.93. The summed E-state index contributed by atoms with van der Waals surface area (Å²) in [5, 5.41) is 0. The van der Waals surface area contributed by atoms with Crippen molar-refractivity contribution in [3.8, 4) is 0 Å². The Morgan fingerprint density at radius 1 is 1.00 bits per heavy atom. The summed E-state index contributed by atoms with van der Waals surface area (Å²) in [6, 6.07) is 20.4. The summed E-state index contributed by atoms with van der Waals surface area (Å²) in [6.07, 6.45) is 5.77. The lowest BCUT2D eigenvalue weighted by atomic mass is 9.84. The van der Waals surface area contributed by atoms with Gasteiger partial charge in [-0.25, -0.2) is 8.42 Å². The summed E-state index contributed by atoms with van der Waals surface area (Å²) < 4.78 is 25.7. The van der Waals surface area contributed by atoms with Crippen molar-refractivity contribution in [2.75, 3.05) is 11.0 Å². The second-order valence-electron chi connectivity index (χ2n) is 7.07. The molecule has 5 heteroatoms. The number of hydrogen-bond acceptors (Lipinski definition) is 3. The standard InChI is InChI=1S/C22H22N2O2S/c1-27(25,26)24-18-8-4-6-16(14-18)15-21-19-9-3-2-7-17(19)11-12-22-20(21)10-5-13-23-22/h2-10,13-14,21,24H,11-12,15H2,1H3. The highest BCUT2D eigenvalue weighted by molar-refractivity contribution is 7.92. The fraction of sp³-hybridized carbons (Fsp3) is 0.227. The van der Waals surface area contributed by atoms with Crippen molar-refractivity contribution in [3.05, 3.63) is 94.8 Å². The third-order valence-electron chi connectivity index (χ3n) is 5.03. The van der Waals surface area contributed by atoms with Crippen molar-refractivity contribution in [2.45, 2.75) is 25.2 Å². The normalized spacial score (nSPS) is 16.1. The predicted molar refractivity (Wildman–Crippen MR) is 109 cm³/mol. The lowest BCUT2D eigenvalue weighted by molar-refractivity contribution is 0.607. The Morgan fingerprint density at radius 3 is 2.67 bits per heavy atom. The Labute approximate surface area is 160 Å². The Morgan fingerprint density at radius 2 is 1.81 bits per heavy atom. The molecule has 0 saturated carbocycles. The van der Waals surface area contributed by atoms with E-state index >= 15 is 0 Å². The van der Waals surface area contributed by atoms with Crippen LogP contribution in [0.4, 0.5) is 5.69 Å². The molecule has 0 fully saturated rings. The van der Waals surface area contributed by atoms with Crippen LogP contribution < -0.4 is 4.72 Å². The van der Waals surface area contributed by atoms with Gasteiger partial charge in [0.15, 0.2) is 0 Å². The quantitative estimate of drug-likeness (QED) is 0.748. The zero-order valence-corrected chi connectivity index (χ0v) is 16.0. The zero-order valence-electron chi connectivity index (χ0n) is 15.2. The largest absolute Gasteiger partial charge is 0.284 e. The average Bonchev–Trinajstić information content (AvgIpc) is 2.79. The van der Waals surface area contributed by atoms with Gasteiger partial charge in [-0.1, -0.05) is 42.5 Å². The maximum absolute atomic E-state index is 11.6. The van der Waals surface area contributed by atoms with Crippen LogP contribution in [-0.4, -0.2) is 19.7 Å². The van der Waals surface area contributed by atoms with Crippen molar-refractivity contribution in [1.29, 1.82) is 0 Å². The highest BCUT2D eigenvalue weighted by Crippen LogP contribution is 2.36. The lowest BCUT2D eigenvalue weighted by Crippen LogP contribution is -2.11. The van der Waals surface area contributed by atoms with Gasteiger partial charge in [-0.3, -0.25) is 9.71 Å². The molecule has 0 aliphatic heterocycles. The van der Waals surface area contributed by atoms with Crippen molar-refractivity contribution in [3.63, 3.8) is 0 Å². The molecule has 1 aliphatic rings. The van der Waals surface area contributed by atoms with Gasteiger partial charge in [0.2, 0.25) is 10.0 Å². The van der Waals surface area contributed by atoms with Gasteiger partial charge in [0.25, 0.3) is 0 Å².